The number of aryl methyl sites for hydroxylation is 1. The van der Waals surface area contributed by atoms with Crippen LogP contribution in [0.2, 0.25) is 0 Å². The largest absolute Gasteiger partial charge is 0.379 e. The van der Waals surface area contributed by atoms with Crippen molar-refractivity contribution in [3.8, 4) is 5.30 Å². The van der Waals surface area contributed by atoms with Gasteiger partial charge in [0, 0.05) is 31.5 Å². The second kappa shape index (κ2) is 11.2. The van der Waals surface area contributed by atoms with E-state index in [1.165, 1.54) is 27.6 Å². The Kier molecular flexibility index (Phi) is 8.69. The highest BCUT2D eigenvalue weighted by Gasteiger charge is 2.43. The number of hydrogen-bond acceptors (Lipinski definition) is 3. The molecule has 0 bridgehead atoms. The van der Waals surface area contributed by atoms with Gasteiger partial charge in [0.2, 0.25) is 7.44 Å². The van der Waals surface area contributed by atoms with Gasteiger partial charge in [0.1, 0.15) is 0 Å². The van der Waals surface area contributed by atoms with Crippen LogP contribution in [0, 0.1) is 6.92 Å². The lowest BCUT2D eigenvalue weighted by atomic mass is 9.89. The van der Waals surface area contributed by atoms with Crippen LogP contribution >= 0.6 is 15.0 Å². The van der Waals surface area contributed by atoms with E-state index in [1.54, 1.807) is 0 Å². The molecule has 2 fully saturated rings. The summed E-state index contributed by atoms with van der Waals surface area (Å²) in [4.78, 5) is 0. The van der Waals surface area contributed by atoms with Gasteiger partial charge in [-0.2, -0.15) is 0 Å². The number of hydrogen-bond donors (Lipinski definition) is 0. The maximum atomic E-state index is 15.4. The van der Waals surface area contributed by atoms with E-state index >= 15 is 4.57 Å². The van der Waals surface area contributed by atoms with Crippen LogP contribution in [0.5, 0.6) is 0 Å². The first-order valence-corrected chi connectivity index (χ1v) is 16.3. The van der Waals surface area contributed by atoms with Crippen molar-refractivity contribution in [1.82, 2.24) is 9.34 Å². The molecule has 2 saturated heterocycles. The number of nitrogens with zero attached hydrogens (tertiary/aromatic N) is 2. The van der Waals surface area contributed by atoms with E-state index in [1.807, 2.05) is 0 Å². The van der Waals surface area contributed by atoms with Crippen LogP contribution in [-0.4, -0.2) is 61.9 Å². The maximum Gasteiger partial charge on any atom is 0.250 e. The fraction of sp³-hybridized carbons (Fsp3) is 0.643. The van der Waals surface area contributed by atoms with E-state index in [-0.39, 0.29) is 0 Å². The van der Waals surface area contributed by atoms with Crippen LogP contribution in [-0.2, 0) is 14.0 Å². The molecule has 0 N–H and O–H groups in total. The zero-order chi connectivity index (χ0) is 25.3. The smallest absolute Gasteiger partial charge is 0.250 e. The number of ether oxygens (including phenoxy) is 2. The molecule has 5 nitrogen and oxygen atoms in total. The molecule has 0 aliphatic carbocycles. The van der Waals surface area contributed by atoms with Gasteiger partial charge in [-0.25, -0.2) is 9.34 Å². The Bertz CT molecular complexity index is 1010. The van der Waals surface area contributed by atoms with Crippen molar-refractivity contribution in [3.05, 3.63) is 46.3 Å². The Morgan fingerprint density at radius 1 is 0.771 bits per heavy atom. The third-order valence-corrected chi connectivity index (χ3v) is 14.1. The molecule has 2 aliphatic heterocycles. The topological polar surface area (TPSA) is 42.0 Å². The minimum atomic E-state index is -2.96. The first-order chi connectivity index (χ1) is 16.6. The van der Waals surface area contributed by atoms with E-state index in [2.05, 4.69) is 81.8 Å². The minimum absolute atomic E-state index is 0.408. The second-order valence-corrected chi connectivity index (χ2v) is 15.9. The van der Waals surface area contributed by atoms with Crippen molar-refractivity contribution in [2.75, 3.05) is 52.6 Å². The molecule has 0 amide bonds. The van der Waals surface area contributed by atoms with Crippen LogP contribution in [0.15, 0.2) is 24.0 Å². The monoisotopic (exact) mass is 518 g/mol. The van der Waals surface area contributed by atoms with Crippen LogP contribution in [0.3, 0.4) is 0 Å². The second-order valence-electron chi connectivity index (χ2n) is 10.9. The molecule has 7 heteroatoms. The average Bonchev–Trinajstić information content (AvgIpc) is 3.25. The van der Waals surface area contributed by atoms with Crippen LogP contribution < -0.4 is 5.04 Å². The molecule has 194 valence electrons. The van der Waals surface area contributed by atoms with Crippen molar-refractivity contribution in [3.63, 3.8) is 0 Å². The van der Waals surface area contributed by atoms with E-state index in [4.69, 9.17) is 9.47 Å². The Hall–Kier alpha value is -0.930. The Morgan fingerprint density at radius 3 is 1.63 bits per heavy atom. The zero-order valence-corrected chi connectivity index (χ0v) is 24.5. The minimum Gasteiger partial charge on any atom is -0.379 e. The van der Waals surface area contributed by atoms with Gasteiger partial charge in [0.15, 0.2) is 0 Å². The Morgan fingerprint density at radius 2 is 1.23 bits per heavy atom. The van der Waals surface area contributed by atoms with E-state index in [0.717, 1.165) is 5.04 Å². The number of rotatable bonds is 7. The van der Waals surface area contributed by atoms with E-state index < -0.39 is 15.0 Å². The van der Waals surface area contributed by atoms with Crippen LogP contribution in [0.25, 0.3) is 5.30 Å². The van der Waals surface area contributed by atoms with Gasteiger partial charge in [-0.05, 0) is 58.8 Å². The van der Waals surface area contributed by atoms with Gasteiger partial charge < -0.3 is 9.47 Å². The van der Waals surface area contributed by atoms with E-state index in [0.29, 0.717) is 70.4 Å². The lowest BCUT2D eigenvalue weighted by Crippen LogP contribution is -2.45. The molecule has 4 rings (SSSR count). The van der Waals surface area contributed by atoms with Crippen molar-refractivity contribution in [2.45, 2.75) is 66.2 Å². The molecule has 35 heavy (non-hydrogen) atoms. The highest BCUT2D eigenvalue weighted by molar-refractivity contribution is 7.82. The lowest BCUT2D eigenvalue weighted by Gasteiger charge is -2.42. The third-order valence-electron chi connectivity index (χ3n) is 7.32. The standard InChI is InChI=1S/C28H44N2O3P2/c1-20(2)24-17-25(21(3)4)28(26(18-24)22(5)6)34-19-23(7)16-27(34)35(31,29-8-12-32-13-9-29)30-10-14-33-15-11-30/h16-22H,8-15H2,1-7H3. The zero-order valence-electron chi connectivity index (χ0n) is 22.7. The highest BCUT2D eigenvalue weighted by atomic mass is 31.2. The molecule has 0 saturated carbocycles. The maximum absolute atomic E-state index is 15.4. The first-order valence-electron chi connectivity index (χ1n) is 13.3. The molecule has 1 unspecified atom stereocenters. The van der Waals surface area contributed by atoms with Gasteiger partial charge in [0.25, 0.3) is 0 Å². The Balaban J connectivity index is 1.98. The van der Waals surface area contributed by atoms with Gasteiger partial charge in [-0.15, -0.1) is 0 Å². The van der Waals surface area contributed by atoms with Crippen molar-refractivity contribution in [1.29, 1.82) is 0 Å². The molecule has 3 heterocycles. The first kappa shape index (κ1) is 27.1. The van der Waals surface area contributed by atoms with Gasteiger partial charge in [-0.3, -0.25) is 4.57 Å². The number of morpholine rings is 2. The fourth-order valence-electron chi connectivity index (χ4n) is 5.30. The quantitative estimate of drug-likeness (QED) is 0.376. The van der Waals surface area contributed by atoms with Gasteiger partial charge in [0.05, 0.1) is 31.5 Å². The third kappa shape index (κ3) is 5.37. The summed E-state index contributed by atoms with van der Waals surface area (Å²) in [6, 6.07) is 7.14. The molecular formula is C28H44N2O3P2. The van der Waals surface area contributed by atoms with Crippen molar-refractivity contribution >= 4 is 20.0 Å². The summed E-state index contributed by atoms with van der Waals surface area (Å²) in [6.07, 6.45) is 0. The molecule has 2 aromatic rings. The summed E-state index contributed by atoms with van der Waals surface area (Å²) in [7, 11) is -3.81. The van der Waals surface area contributed by atoms with Crippen molar-refractivity contribution < 1.29 is 14.0 Å². The fourth-order valence-corrected chi connectivity index (χ4v) is 12.9. The lowest BCUT2D eigenvalue weighted by molar-refractivity contribution is 0.0539. The van der Waals surface area contributed by atoms with Crippen LogP contribution in [0.4, 0.5) is 0 Å². The summed E-state index contributed by atoms with van der Waals surface area (Å²) in [6.45, 7) is 21.4. The SMILES string of the molecule is Cc1cc(P(=O)(N2CCOCC2)N2CCOCC2)p(-c2c(C(C)C)cc(C(C)C)cc2C(C)C)c1. The van der Waals surface area contributed by atoms with E-state index in [9.17, 15) is 0 Å². The highest BCUT2D eigenvalue weighted by Crippen LogP contribution is 2.61. The average molecular weight is 519 g/mol. The predicted molar refractivity (Wildman–Crippen MR) is 150 cm³/mol. The number of benzene rings is 1. The normalized spacial score (nSPS) is 19.3. The summed E-state index contributed by atoms with van der Waals surface area (Å²) in [5, 5.41) is 2.59. The molecule has 0 spiro atoms. The predicted octanol–water partition coefficient (Wildman–Crippen LogP) is 6.82. The summed E-state index contributed by atoms with van der Waals surface area (Å²) >= 11 is 0. The molecule has 1 aromatic carbocycles. The summed E-state index contributed by atoms with van der Waals surface area (Å²) in [5.74, 6) is 3.73. The molecular weight excluding hydrogens is 474 g/mol. The molecule has 1 atom stereocenters. The van der Waals surface area contributed by atoms with Gasteiger partial charge >= 0.3 is 0 Å². The summed E-state index contributed by atoms with van der Waals surface area (Å²) in [5.41, 5.74) is 5.51. The van der Waals surface area contributed by atoms with Crippen LogP contribution in [0.1, 0.15) is 81.5 Å². The Labute approximate surface area is 213 Å². The van der Waals surface area contributed by atoms with Gasteiger partial charge in [-0.1, -0.05) is 61.2 Å². The van der Waals surface area contributed by atoms with Crippen molar-refractivity contribution in [2.24, 2.45) is 0 Å². The molecule has 2 aliphatic rings. The molecule has 0 radical (unpaired) electrons. The molecule has 1 aromatic heterocycles. The summed E-state index contributed by atoms with van der Waals surface area (Å²) < 4.78 is 31.3.